The van der Waals surface area contributed by atoms with Crippen molar-refractivity contribution in [3.05, 3.63) is 23.5 Å². The van der Waals surface area contributed by atoms with Crippen molar-refractivity contribution in [3.63, 3.8) is 0 Å². The Morgan fingerprint density at radius 1 is 1.44 bits per heavy atom. The summed E-state index contributed by atoms with van der Waals surface area (Å²) in [6.45, 7) is 4.22. The van der Waals surface area contributed by atoms with E-state index in [1.165, 1.54) is 17.4 Å². The fourth-order valence-corrected chi connectivity index (χ4v) is 1.98. The molecule has 0 spiro atoms. The Labute approximate surface area is 93.9 Å². The van der Waals surface area contributed by atoms with Crippen LogP contribution in [0.2, 0.25) is 0 Å². The maximum absolute atomic E-state index is 9.88. The number of aromatic hydroxyl groups is 1. The van der Waals surface area contributed by atoms with Crippen LogP contribution < -0.4 is 0 Å². The Hall–Kier alpha value is -1.58. The van der Waals surface area contributed by atoms with E-state index in [2.05, 4.69) is 23.9 Å². The van der Waals surface area contributed by atoms with Crippen LogP contribution in [0.25, 0.3) is 5.65 Å². The van der Waals surface area contributed by atoms with E-state index in [0.29, 0.717) is 11.8 Å². The van der Waals surface area contributed by atoms with Gasteiger partial charge < -0.3 is 5.11 Å². The van der Waals surface area contributed by atoms with Crippen LogP contribution in [0.1, 0.15) is 49.8 Å². The third-order valence-electron chi connectivity index (χ3n) is 3.12. The minimum Gasteiger partial charge on any atom is -0.493 e. The van der Waals surface area contributed by atoms with Crippen molar-refractivity contribution in [3.8, 4) is 5.88 Å². The van der Waals surface area contributed by atoms with Crippen molar-refractivity contribution >= 4 is 5.65 Å². The molecule has 3 rings (SSSR count). The Kier molecular flexibility index (Phi) is 1.93. The first-order valence-electron chi connectivity index (χ1n) is 5.74. The molecule has 2 aromatic heterocycles. The van der Waals surface area contributed by atoms with Gasteiger partial charge in [-0.25, -0.2) is 4.98 Å². The number of aromatic nitrogens is 3. The number of hydrogen-bond donors (Lipinski definition) is 1. The van der Waals surface area contributed by atoms with E-state index in [1.807, 2.05) is 0 Å². The van der Waals surface area contributed by atoms with Gasteiger partial charge in [0.25, 0.3) is 0 Å². The molecule has 1 aliphatic carbocycles. The summed E-state index contributed by atoms with van der Waals surface area (Å²) in [7, 11) is 0. The van der Waals surface area contributed by atoms with E-state index in [-0.39, 0.29) is 5.88 Å². The molecule has 0 bridgehead atoms. The average molecular weight is 217 g/mol. The van der Waals surface area contributed by atoms with Crippen LogP contribution in [-0.2, 0) is 0 Å². The smallest absolute Gasteiger partial charge is 0.215 e. The summed E-state index contributed by atoms with van der Waals surface area (Å²) in [5, 5.41) is 14.0. The van der Waals surface area contributed by atoms with Gasteiger partial charge in [0.1, 0.15) is 0 Å². The van der Waals surface area contributed by atoms with Crippen molar-refractivity contribution in [2.45, 2.75) is 38.5 Å². The molecule has 0 aliphatic heterocycles. The van der Waals surface area contributed by atoms with Crippen LogP contribution in [0.4, 0.5) is 0 Å². The van der Waals surface area contributed by atoms with Crippen LogP contribution >= 0.6 is 0 Å². The lowest BCUT2D eigenvalue weighted by Crippen LogP contribution is -1.97. The number of rotatable bonds is 2. The summed E-state index contributed by atoms with van der Waals surface area (Å²) in [5.74, 6) is 1.11. The topological polar surface area (TPSA) is 50.4 Å². The molecule has 84 valence electrons. The monoisotopic (exact) mass is 217 g/mol. The molecule has 0 atom stereocenters. The molecule has 1 aliphatic rings. The molecule has 0 saturated heterocycles. The summed E-state index contributed by atoms with van der Waals surface area (Å²) in [6.07, 6.45) is 4.17. The highest BCUT2D eigenvalue weighted by atomic mass is 16.3. The summed E-state index contributed by atoms with van der Waals surface area (Å²) < 4.78 is 1.52. The largest absolute Gasteiger partial charge is 0.493 e. The van der Waals surface area contributed by atoms with Crippen molar-refractivity contribution < 1.29 is 5.11 Å². The van der Waals surface area contributed by atoms with Gasteiger partial charge in [0.05, 0.1) is 11.9 Å². The van der Waals surface area contributed by atoms with Crippen molar-refractivity contribution in [1.29, 1.82) is 0 Å². The Morgan fingerprint density at radius 2 is 2.19 bits per heavy atom. The molecule has 1 saturated carbocycles. The normalized spacial score (nSPS) is 16.2. The minimum absolute atomic E-state index is 0.193. The highest BCUT2D eigenvalue weighted by Crippen LogP contribution is 2.40. The molecule has 2 aromatic rings. The van der Waals surface area contributed by atoms with Gasteiger partial charge in [0.2, 0.25) is 5.88 Å². The molecule has 2 heterocycles. The first-order chi connectivity index (χ1) is 7.66. The standard InChI is InChI=1S/C12H15N3O/c1-7(2)9-6-13-15-11(16)5-10(8-3-4-8)14-12(9)15/h5-8,16H,3-4H2,1-2H3. The van der Waals surface area contributed by atoms with Gasteiger partial charge in [-0.1, -0.05) is 13.8 Å². The van der Waals surface area contributed by atoms with Gasteiger partial charge in [-0.15, -0.1) is 0 Å². The van der Waals surface area contributed by atoms with Crippen LogP contribution in [0.5, 0.6) is 5.88 Å². The molecular weight excluding hydrogens is 202 g/mol. The Morgan fingerprint density at radius 3 is 2.81 bits per heavy atom. The third kappa shape index (κ3) is 1.37. The zero-order valence-corrected chi connectivity index (χ0v) is 9.51. The quantitative estimate of drug-likeness (QED) is 0.840. The van der Waals surface area contributed by atoms with E-state index in [1.54, 1.807) is 12.3 Å². The predicted molar refractivity (Wildman–Crippen MR) is 60.7 cm³/mol. The van der Waals surface area contributed by atoms with Gasteiger partial charge in [-0.3, -0.25) is 0 Å². The molecule has 1 fully saturated rings. The van der Waals surface area contributed by atoms with E-state index >= 15 is 0 Å². The maximum Gasteiger partial charge on any atom is 0.215 e. The molecule has 0 amide bonds. The van der Waals surface area contributed by atoms with Crippen LogP contribution in [0.15, 0.2) is 12.3 Å². The van der Waals surface area contributed by atoms with Gasteiger partial charge >= 0.3 is 0 Å². The first kappa shape index (κ1) is 9.63. The molecule has 1 N–H and O–H groups in total. The molecule has 4 heteroatoms. The van der Waals surface area contributed by atoms with Crippen LogP contribution in [-0.4, -0.2) is 19.7 Å². The van der Waals surface area contributed by atoms with E-state index in [4.69, 9.17) is 0 Å². The number of hydrogen-bond acceptors (Lipinski definition) is 3. The van der Waals surface area contributed by atoms with E-state index in [0.717, 1.165) is 16.9 Å². The summed E-state index contributed by atoms with van der Waals surface area (Å²) in [5.41, 5.74) is 2.90. The van der Waals surface area contributed by atoms with Crippen LogP contribution in [0, 0.1) is 0 Å². The van der Waals surface area contributed by atoms with Gasteiger partial charge in [-0.05, 0) is 18.8 Å². The van der Waals surface area contributed by atoms with Crippen molar-refractivity contribution in [1.82, 2.24) is 14.6 Å². The predicted octanol–water partition coefficient (Wildman–Crippen LogP) is 2.44. The molecular formula is C12H15N3O. The molecule has 0 unspecified atom stereocenters. The number of fused-ring (bicyclic) bond motifs is 1. The Balaban J connectivity index is 2.24. The van der Waals surface area contributed by atoms with Crippen molar-refractivity contribution in [2.24, 2.45) is 0 Å². The van der Waals surface area contributed by atoms with Gasteiger partial charge in [0, 0.05) is 17.5 Å². The van der Waals surface area contributed by atoms with Crippen molar-refractivity contribution in [2.75, 3.05) is 0 Å². The minimum atomic E-state index is 0.193. The lowest BCUT2D eigenvalue weighted by atomic mass is 10.1. The number of nitrogens with zero attached hydrogens (tertiary/aromatic N) is 3. The van der Waals surface area contributed by atoms with E-state index in [9.17, 15) is 5.11 Å². The highest BCUT2D eigenvalue weighted by molar-refractivity contribution is 5.51. The SMILES string of the molecule is CC(C)c1cnn2c(O)cc(C3CC3)nc12. The lowest BCUT2D eigenvalue weighted by molar-refractivity contribution is 0.434. The third-order valence-corrected chi connectivity index (χ3v) is 3.12. The maximum atomic E-state index is 9.88. The molecule has 0 aromatic carbocycles. The van der Waals surface area contributed by atoms with Crippen LogP contribution in [0.3, 0.4) is 0 Å². The highest BCUT2D eigenvalue weighted by Gasteiger charge is 2.27. The molecule has 0 radical (unpaired) electrons. The first-order valence-corrected chi connectivity index (χ1v) is 5.74. The second kappa shape index (κ2) is 3.20. The summed E-state index contributed by atoms with van der Waals surface area (Å²) in [6, 6.07) is 1.74. The van der Waals surface area contributed by atoms with E-state index < -0.39 is 0 Å². The second-order valence-electron chi connectivity index (χ2n) is 4.80. The molecule has 16 heavy (non-hydrogen) atoms. The Bertz CT molecular complexity index is 540. The lowest BCUT2D eigenvalue weighted by Gasteiger charge is -2.05. The molecule has 4 nitrogen and oxygen atoms in total. The zero-order valence-electron chi connectivity index (χ0n) is 9.51. The van der Waals surface area contributed by atoms with Gasteiger partial charge in [-0.2, -0.15) is 9.61 Å². The zero-order chi connectivity index (χ0) is 11.3. The van der Waals surface area contributed by atoms with Gasteiger partial charge in [0.15, 0.2) is 5.65 Å². The fraction of sp³-hybridized carbons (Fsp3) is 0.500. The summed E-state index contributed by atoms with van der Waals surface area (Å²) in [4.78, 5) is 4.62. The average Bonchev–Trinajstić information content (AvgIpc) is 2.98. The second-order valence-corrected chi connectivity index (χ2v) is 4.80. The fourth-order valence-electron chi connectivity index (χ4n) is 1.98. The summed E-state index contributed by atoms with van der Waals surface area (Å²) >= 11 is 0.